The van der Waals surface area contributed by atoms with E-state index < -0.39 is 0 Å². The molecule has 1 unspecified atom stereocenters. The molecule has 0 aromatic carbocycles. The maximum Gasteiger partial charge on any atom is 0.239 e. The molecule has 1 rings (SSSR count). The second kappa shape index (κ2) is 7.84. The van der Waals surface area contributed by atoms with Gasteiger partial charge in [-0.15, -0.1) is 0 Å². The van der Waals surface area contributed by atoms with E-state index in [9.17, 15) is 0 Å². The SMILES string of the molecule is CCOCC(Nc1ccc(N)c(OCC)n1)C(C)C. The van der Waals surface area contributed by atoms with Crippen LogP contribution in [0.25, 0.3) is 0 Å². The molecule has 5 nitrogen and oxygen atoms in total. The van der Waals surface area contributed by atoms with Crippen molar-refractivity contribution in [3.05, 3.63) is 12.1 Å². The van der Waals surface area contributed by atoms with E-state index in [1.54, 1.807) is 6.07 Å². The maximum atomic E-state index is 5.81. The van der Waals surface area contributed by atoms with E-state index in [2.05, 4.69) is 24.1 Å². The summed E-state index contributed by atoms with van der Waals surface area (Å²) in [6.07, 6.45) is 0. The summed E-state index contributed by atoms with van der Waals surface area (Å²) in [5, 5.41) is 3.37. The van der Waals surface area contributed by atoms with Crippen LogP contribution in [0, 0.1) is 5.92 Å². The van der Waals surface area contributed by atoms with Gasteiger partial charge in [0.25, 0.3) is 0 Å². The molecule has 0 aliphatic carbocycles. The summed E-state index contributed by atoms with van der Waals surface area (Å²) in [5.41, 5.74) is 6.36. The summed E-state index contributed by atoms with van der Waals surface area (Å²) >= 11 is 0. The van der Waals surface area contributed by atoms with Crippen molar-refractivity contribution in [3.8, 4) is 5.88 Å². The van der Waals surface area contributed by atoms with Crippen molar-refractivity contribution >= 4 is 11.5 Å². The molecule has 0 aliphatic heterocycles. The number of nitrogens with zero attached hydrogens (tertiary/aromatic N) is 1. The van der Waals surface area contributed by atoms with Crippen LogP contribution in [0.1, 0.15) is 27.7 Å². The summed E-state index contributed by atoms with van der Waals surface area (Å²) in [6.45, 7) is 10.1. The van der Waals surface area contributed by atoms with Crippen LogP contribution in [0.15, 0.2) is 12.1 Å². The second-order valence-corrected chi connectivity index (χ2v) is 4.68. The van der Waals surface area contributed by atoms with Crippen LogP contribution in [-0.4, -0.2) is 30.8 Å². The van der Waals surface area contributed by atoms with E-state index in [0.29, 0.717) is 37.3 Å². The zero-order chi connectivity index (χ0) is 14.3. The van der Waals surface area contributed by atoms with Gasteiger partial charge in [-0.25, -0.2) is 0 Å². The van der Waals surface area contributed by atoms with Gasteiger partial charge in [0, 0.05) is 6.61 Å². The van der Waals surface area contributed by atoms with Crippen LogP contribution in [0.5, 0.6) is 5.88 Å². The monoisotopic (exact) mass is 267 g/mol. The summed E-state index contributed by atoms with van der Waals surface area (Å²) in [4.78, 5) is 4.38. The number of pyridine rings is 1. The van der Waals surface area contributed by atoms with E-state index in [-0.39, 0.29) is 6.04 Å². The van der Waals surface area contributed by atoms with E-state index in [1.165, 1.54) is 0 Å². The molecule has 0 saturated carbocycles. The number of aromatic nitrogens is 1. The fraction of sp³-hybridized carbons (Fsp3) is 0.643. The summed E-state index contributed by atoms with van der Waals surface area (Å²) in [6, 6.07) is 3.88. The average molecular weight is 267 g/mol. The number of nitrogen functional groups attached to an aromatic ring is 1. The summed E-state index contributed by atoms with van der Waals surface area (Å²) in [7, 11) is 0. The maximum absolute atomic E-state index is 5.81. The van der Waals surface area contributed by atoms with Gasteiger partial charge in [-0.05, 0) is 31.9 Å². The van der Waals surface area contributed by atoms with Crippen LogP contribution < -0.4 is 15.8 Å². The zero-order valence-corrected chi connectivity index (χ0v) is 12.3. The molecule has 1 heterocycles. The van der Waals surface area contributed by atoms with Gasteiger partial charge < -0.3 is 20.5 Å². The molecule has 1 aromatic rings. The van der Waals surface area contributed by atoms with Crippen molar-refractivity contribution in [3.63, 3.8) is 0 Å². The highest BCUT2D eigenvalue weighted by Gasteiger charge is 2.14. The predicted molar refractivity (Wildman–Crippen MR) is 78.6 cm³/mol. The van der Waals surface area contributed by atoms with Gasteiger partial charge in [-0.2, -0.15) is 4.98 Å². The molecule has 19 heavy (non-hydrogen) atoms. The number of hydrogen-bond acceptors (Lipinski definition) is 5. The molecule has 3 N–H and O–H groups in total. The normalized spacial score (nSPS) is 12.5. The van der Waals surface area contributed by atoms with Crippen LogP contribution in [0.2, 0.25) is 0 Å². The number of anilines is 2. The lowest BCUT2D eigenvalue weighted by molar-refractivity contribution is 0.126. The fourth-order valence-electron chi connectivity index (χ4n) is 1.62. The topological polar surface area (TPSA) is 69.4 Å². The van der Waals surface area contributed by atoms with Crippen molar-refractivity contribution < 1.29 is 9.47 Å². The highest BCUT2D eigenvalue weighted by Crippen LogP contribution is 2.22. The molecule has 0 spiro atoms. The number of nitrogens with two attached hydrogens (primary N) is 1. The Kier molecular flexibility index (Phi) is 6.42. The lowest BCUT2D eigenvalue weighted by Gasteiger charge is -2.23. The van der Waals surface area contributed by atoms with Crippen molar-refractivity contribution in [1.29, 1.82) is 0 Å². The Morgan fingerprint density at radius 1 is 1.26 bits per heavy atom. The van der Waals surface area contributed by atoms with Gasteiger partial charge >= 0.3 is 0 Å². The van der Waals surface area contributed by atoms with E-state index in [1.807, 2.05) is 19.9 Å². The van der Waals surface area contributed by atoms with Crippen molar-refractivity contribution in [2.24, 2.45) is 5.92 Å². The van der Waals surface area contributed by atoms with Crippen LogP contribution >= 0.6 is 0 Å². The lowest BCUT2D eigenvalue weighted by atomic mass is 10.1. The molecule has 0 amide bonds. The molecule has 0 aliphatic rings. The average Bonchev–Trinajstić information content (AvgIpc) is 2.38. The molecule has 0 radical (unpaired) electrons. The van der Waals surface area contributed by atoms with E-state index >= 15 is 0 Å². The van der Waals surface area contributed by atoms with E-state index in [0.717, 1.165) is 5.82 Å². The molecular formula is C14H25N3O2. The predicted octanol–water partition coefficient (Wildman–Crippen LogP) is 2.54. The van der Waals surface area contributed by atoms with Crippen molar-refractivity contribution in [2.75, 3.05) is 30.9 Å². The summed E-state index contributed by atoms with van der Waals surface area (Å²) < 4.78 is 10.9. The smallest absolute Gasteiger partial charge is 0.239 e. The Labute approximate surface area is 115 Å². The molecule has 108 valence electrons. The number of hydrogen-bond donors (Lipinski definition) is 2. The first-order valence-corrected chi connectivity index (χ1v) is 6.82. The van der Waals surface area contributed by atoms with Crippen molar-refractivity contribution in [2.45, 2.75) is 33.7 Å². The molecular weight excluding hydrogens is 242 g/mol. The minimum atomic E-state index is 0.213. The Balaban J connectivity index is 2.75. The van der Waals surface area contributed by atoms with Gasteiger partial charge in [0.05, 0.1) is 24.9 Å². The second-order valence-electron chi connectivity index (χ2n) is 4.68. The largest absolute Gasteiger partial charge is 0.476 e. The van der Waals surface area contributed by atoms with Crippen LogP contribution in [-0.2, 0) is 4.74 Å². The van der Waals surface area contributed by atoms with Gasteiger partial charge in [-0.1, -0.05) is 13.8 Å². The van der Waals surface area contributed by atoms with E-state index in [4.69, 9.17) is 15.2 Å². The van der Waals surface area contributed by atoms with Crippen LogP contribution in [0.4, 0.5) is 11.5 Å². The molecule has 0 saturated heterocycles. The Morgan fingerprint density at radius 3 is 2.58 bits per heavy atom. The Bertz CT molecular complexity index is 383. The molecule has 0 fully saturated rings. The summed E-state index contributed by atoms with van der Waals surface area (Å²) in [5.74, 6) is 1.68. The Hall–Kier alpha value is -1.49. The standard InChI is InChI=1S/C14H25N3O2/c1-5-18-9-12(10(3)4)16-13-8-7-11(15)14(17-13)19-6-2/h7-8,10,12H,5-6,9,15H2,1-4H3,(H,16,17). The number of rotatable bonds is 8. The van der Waals surface area contributed by atoms with Gasteiger partial charge in [0.2, 0.25) is 5.88 Å². The first-order valence-electron chi connectivity index (χ1n) is 6.82. The lowest BCUT2D eigenvalue weighted by Crippen LogP contribution is -2.31. The molecule has 0 bridgehead atoms. The third-order valence-corrected chi connectivity index (χ3v) is 2.81. The number of nitrogens with one attached hydrogen (secondary N) is 1. The molecule has 1 atom stereocenters. The highest BCUT2D eigenvalue weighted by atomic mass is 16.5. The molecule has 1 aromatic heterocycles. The fourth-order valence-corrected chi connectivity index (χ4v) is 1.62. The third kappa shape index (κ3) is 4.95. The quantitative estimate of drug-likeness (QED) is 0.757. The van der Waals surface area contributed by atoms with Gasteiger partial charge in [0.1, 0.15) is 5.82 Å². The minimum Gasteiger partial charge on any atom is -0.476 e. The zero-order valence-electron chi connectivity index (χ0n) is 12.3. The third-order valence-electron chi connectivity index (χ3n) is 2.81. The number of ether oxygens (including phenoxy) is 2. The Morgan fingerprint density at radius 2 is 2.00 bits per heavy atom. The van der Waals surface area contributed by atoms with Gasteiger partial charge in [0.15, 0.2) is 0 Å². The first kappa shape index (κ1) is 15.6. The minimum absolute atomic E-state index is 0.213. The van der Waals surface area contributed by atoms with Crippen molar-refractivity contribution in [1.82, 2.24) is 4.98 Å². The first-order chi connectivity index (χ1) is 9.08. The highest BCUT2D eigenvalue weighted by molar-refractivity contribution is 5.53. The van der Waals surface area contributed by atoms with Gasteiger partial charge in [-0.3, -0.25) is 0 Å². The van der Waals surface area contributed by atoms with Crippen LogP contribution in [0.3, 0.4) is 0 Å². The molecule has 5 heteroatoms.